The fourth-order valence-electron chi connectivity index (χ4n) is 2.29. The first kappa shape index (κ1) is 14.8. The summed E-state index contributed by atoms with van der Waals surface area (Å²) in [6, 6.07) is 0. The third-order valence-corrected chi connectivity index (χ3v) is 4.32. The van der Waals surface area contributed by atoms with Gasteiger partial charge >= 0.3 is 5.97 Å². The van der Waals surface area contributed by atoms with E-state index in [0.717, 1.165) is 36.8 Å². The molecule has 0 saturated heterocycles. The number of ether oxygens (including phenoxy) is 1. The average Bonchev–Trinajstić information content (AvgIpc) is 2.72. The Morgan fingerprint density at radius 2 is 2.00 bits per heavy atom. The molecule has 0 spiro atoms. The highest BCUT2D eigenvalue weighted by Gasteiger charge is 2.26. The van der Waals surface area contributed by atoms with Crippen molar-refractivity contribution in [1.29, 1.82) is 0 Å². The highest BCUT2D eigenvalue weighted by molar-refractivity contribution is 7.17. The van der Waals surface area contributed by atoms with Crippen molar-refractivity contribution in [3.8, 4) is 0 Å². The number of aryl methyl sites for hydroxylation is 1. The molecule has 1 heterocycles. The van der Waals surface area contributed by atoms with Crippen LogP contribution in [-0.2, 0) is 22.4 Å². The Morgan fingerprint density at radius 3 is 2.65 bits per heavy atom. The second-order valence-electron chi connectivity index (χ2n) is 5.13. The summed E-state index contributed by atoms with van der Waals surface area (Å²) in [6.45, 7) is 7.19. The molecule has 1 aromatic rings. The molecule has 0 aromatic carbocycles. The maximum absolute atomic E-state index is 12.3. The minimum Gasteiger partial charge on any atom is -0.458 e. The maximum atomic E-state index is 12.3. The molecule has 0 bridgehead atoms. The molecule has 4 nitrogen and oxygen atoms in total. The predicted octanol–water partition coefficient (Wildman–Crippen LogP) is 3.32. The number of rotatable bonds is 4. The molecule has 1 aliphatic carbocycles. The van der Waals surface area contributed by atoms with Gasteiger partial charge in [0.25, 0.3) is 0 Å². The molecule has 5 heteroatoms. The van der Waals surface area contributed by atoms with E-state index >= 15 is 0 Å². The summed E-state index contributed by atoms with van der Waals surface area (Å²) in [4.78, 5) is 24.8. The van der Waals surface area contributed by atoms with E-state index in [1.165, 1.54) is 23.1 Å². The normalized spacial score (nSPS) is 13.5. The van der Waals surface area contributed by atoms with Crippen molar-refractivity contribution in [2.45, 2.75) is 39.5 Å². The van der Waals surface area contributed by atoms with Crippen molar-refractivity contribution in [3.63, 3.8) is 0 Å². The van der Waals surface area contributed by atoms with E-state index in [0.29, 0.717) is 10.6 Å². The number of thiophene rings is 1. The standard InChI is InChI=1S/C15H19NO3S/c1-9(2)8-19-15(18)13-11-6-4-5-7-12(11)20-14(13)16-10(3)17/h1,4-8H2,2-3H3,(H,16,17). The van der Waals surface area contributed by atoms with E-state index < -0.39 is 0 Å². The van der Waals surface area contributed by atoms with Crippen molar-refractivity contribution in [2.75, 3.05) is 11.9 Å². The van der Waals surface area contributed by atoms with Gasteiger partial charge in [0.05, 0.1) is 5.56 Å². The van der Waals surface area contributed by atoms with Gasteiger partial charge in [0.15, 0.2) is 0 Å². The van der Waals surface area contributed by atoms with Gasteiger partial charge in [0, 0.05) is 11.8 Å². The number of hydrogen-bond acceptors (Lipinski definition) is 4. The Hall–Kier alpha value is -1.62. The zero-order chi connectivity index (χ0) is 14.7. The van der Waals surface area contributed by atoms with Crippen LogP contribution in [0.1, 0.15) is 47.5 Å². The molecule has 108 valence electrons. The van der Waals surface area contributed by atoms with Crippen LogP contribution in [0.15, 0.2) is 12.2 Å². The largest absolute Gasteiger partial charge is 0.458 e. The summed E-state index contributed by atoms with van der Waals surface area (Å²) < 4.78 is 5.25. The van der Waals surface area contributed by atoms with Crippen LogP contribution in [-0.4, -0.2) is 18.5 Å². The lowest BCUT2D eigenvalue weighted by Gasteiger charge is -2.12. The summed E-state index contributed by atoms with van der Waals surface area (Å²) in [5.74, 6) is -0.534. The molecule has 1 aromatic heterocycles. The van der Waals surface area contributed by atoms with Crippen molar-refractivity contribution in [2.24, 2.45) is 0 Å². The predicted molar refractivity (Wildman–Crippen MR) is 80.4 cm³/mol. The SMILES string of the molecule is C=C(C)COC(=O)c1c(NC(C)=O)sc2c1CCCC2. The highest BCUT2D eigenvalue weighted by atomic mass is 32.1. The third-order valence-electron chi connectivity index (χ3n) is 3.11. The van der Waals surface area contributed by atoms with Gasteiger partial charge in [-0.1, -0.05) is 6.58 Å². The minimum absolute atomic E-state index is 0.169. The number of carbonyl (C=O) groups excluding carboxylic acids is 2. The topological polar surface area (TPSA) is 55.4 Å². The molecule has 0 aliphatic heterocycles. The van der Waals surface area contributed by atoms with Gasteiger partial charge in [-0.2, -0.15) is 0 Å². The first-order valence-corrected chi connectivity index (χ1v) is 7.54. The lowest BCUT2D eigenvalue weighted by Crippen LogP contribution is -2.14. The van der Waals surface area contributed by atoms with Crippen molar-refractivity contribution >= 4 is 28.2 Å². The number of esters is 1. The molecular weight excluding hydrogens is 274 g/mol. The summed E-state index contributed by atoms with van der Waals surface area (Å²) in [6.07, 6.45) is 4.06. The van der Waals surface area contributed by atoms with Gasteiger partial charge in [-0.15, -0.1) is 11.3 Å². The number of fused-ring (bicyclic) bond motifs is 1. The number of nitrogens with one attached hydrogen (secondary N) is 1. The zero-order valence-corrected chi connectivity index (χ0v) is 12.7. The lowest BCUT2D eigenvalue weighted by molar-refractivity contribution is -0.114. The Kier molecular flexibility index (Phi) is 4.60. The fourth-order valence-corrected chi connectivity index (χ4v) is 3.61. The van der Waals surface area contributed by atoms with Gasteiger partial charge in [-0.3, -0.25) is 4.79 Å². The molecule has 0 radical (unpaired) electrons. The van der Waals surface area contributed by atoms with E-state index in [1.54, 1.807) is 0 Å². The number of carbonyl (C=O) groups is 2. The summed E-state index contributed by atoms with van der Waals surface area (Å²) in [5.41, 5.74) is 2.39. The summed E-state index contributed by atoms with van der Waals surface area (Å²) in [5, 5.41) is 3.38. The smallest absolute Gasteiger partial charge is 0.341 e. The van der Waals surface area contributed by atoms with Crippen LogP contribution < -0.4 is 5.32 Å². The van der Waals surface area contributed by atoms with Crippen LogP contribution in [0.2, 0.25) is 0 Å². The molecule has 0 fully saturated rings. The number of anilines is 1. The van der Waals surface area contributed by atoms with Crippen LogP contribution >= 0.6 is 11.3 Å². The van der Waals surface area contributed by atoms with Crippen LogP contribution in [0, 0.1) is 0 Å². The van der Waals surface area contributed by atoms with Crippen LogP contribution in [0.3, 0.4) is 0 Å². The average molecular weight is 293 g/mol. The summed E-state index contributed by atoms with van der Waals surface area (Å²) >= 11 is 1.50. The Bertz CT molecular complexity index is 560. The van der Waals surface area contributed by atoms with E-state index in [9.17, 15) is 9.59 Å². The quantitative estimate of drug-likeness (QED) is 0.684. The van der Waals surface area contributed by atoms with Crippen LogP contribution in [0.4, 0.5) is 5.00 Å². The minimum atomic E-state index is -0.365. The molecule has 1 amide bonds. The molecule has 0 atom stereocenters. The molecule has 2 rings (SSSR count). The monoisotopic (exact) mass is 293 g/mol. The molecular formula is C15H19NO3S. The summed E-state index contributed by atoms with van der Waals surface area (Å²) in [7, 11) is 0. The van der Waals surface area contributed by atoms with Crippen LogP contribution in [0.25, 0.3) is 0 Å². The second kappa shape index (κ2) is 6.22. The Balaban J connectivity index is 2.32. The van der Waals surface area contributed by atoms with Gasteiger partial charge in [0.1, 0.15) is 11.6 Å². The number of hydrogen-bond donors (Lipinski definition) is 1. The molecule has 20 heavy (non-hydrogen) atoms. The van der Waals surface area contributed by atoms with Crippen LogP contribution in [0.5, 0.6) is 0 Å². The van der Waals surface area contributed by atoms with E-state index in [1.807, 2.05) is 6.92 Å². The second-order valence-corrected chi connectivity index (χ2v) is 6.23. The molecule has 1 N–H and O–H groups in total. The highest BCUT2D eigenvalue weighted by Crippen LogP contribution is 2.38. The third kappa shape index (κ3) is 3.28. The fraction of sp³-hybridized carbons (Fsp3) is 0.467. The maximum Gasteiger partial charge on any atom is 0.341 e. The molecule has 0 unspecified atom stereocenters. The van der Waals surface area contributed by atoms with E-state index in [-0.39, 0.29) is 18.5 Å². The first-order valence-electron chi connectivity index (χ1n) is 6.72. The van der Waals surface area contributed by atoms with Gasteiger partial charge in [0.2, 0.25) is 5.91 Å². The van der Waals surface area contributed by atoms with Crippen molar-refractivity contribution in [3.05, 3.63) is 28.2 Å². The van der Waals surface area contributed by atoms with Crippen molar-refractivity contribution in [1.82, 2.24) is 0 Å². The van der Waals surface area contributed by atoms with Gasteiger partial charge in [-0.05, 0) is 43.7 Å². The van der Waals surface area contributed by atoms with E-state index in [4.69, 9.17) is 4.74 Å². The van der Waals surface area contributed by atoms with Crippen molar-refractivity contribution < 1.29 is 14.3 Å². The molecule has 1 aliphatic rings. The Labute approximate surface area is 122 Å². The van der Waals surface area contributed by atoms with Gasteiger partial charge < -0.3 is 10.1 Å². The molecule has 0 saturated carbocycles. The first-order chi connectivity index (χ1) is 9.49. The van der Waals surface area contributed by atoms with Gasteiger partial charge in [-0.25, -0.2) is 4.79 Å². The van der Waals surface area contributed by atoms with E-state index in [2.05, 4.69) is 11.9 Å². The zero-order valence-electron chi connectivity index (χ0n) is 11.9. The number of amides is 1. The lowest BCUT2D eigenvalue weighted by atomic mass is 9.95. The Morgan fingerprint density at radius 1 is 1.30 bits per heavy atom.